The summed E-state index contributed by atoms with van der Waals surface area (Å²) in [5, 5.41) is 3.59. The van der Waals surface area contributed by atoms with E-state index in [1.165, 1.54) is 19.3 Å². The van der Waals surface area contributed by atoms with Crippen molar-refractivity contribution in [1.82, 2.24) is 0 Å². The Balaban J connectivity index is 2.07. The maximum Gasteiger partial charge on any atom is 0.178 e. The van der Waals surface area contributed by atoms with E-state index in [4.69, 9.17) is 11.6 Å². The summed E-state index contributed by atoms with van der Waals surface area (Å²) >= 11 is 6.40. The van der Waals surface area contributed by atoms with Crippen molar-refractivity contribution in [3.8, 4) is 0 Å². The van der Waals surface area contributed by atoms with Gasteiger partial charge in [-0.25, -0.2) is 8.42 Å². The number of halogens is 1. The Kier molecular flexibility index (Phi) is 5.33. The van der Waals surface area contributed by atoms with Gasteiger partial charge in [0.2, 0.25) is 0 Å². The van der Waals surface area contributed by atoms with Gasteiger partial charge in [0.05, 0.1) is 16.0 Å². The van der Waals surface area contributed by atoms with E-state index in [0.29, 0.717) is 4.90 Å². The summed E-state index contributed by atoms with van der Waals surface area (Å²) in [6, 6.07) is 7.27. The summed E-state index contributed by atoms with van der Waals surface area (Å²) in [5.41, 5.74) is 0.942. The van der Waals surface area contributed by atoms with E-state index in [-0.39, 0.29) is 17.2 Å². The number of benzene rings is 1. The van der Waals surface area contributed by atoms with E-state index < -0.39 is 9.84 Å². The minimum atomic E-state index is -3.12. The largest absolute Gasteiger partial charge is 0.381 e. The van der Waals surface area contributed by atoms with E-state index >= 15 is 0 Å². The van der Waals surface area contributed by atoms with Crippen molar-refractivity contribution < 1.29 is 8.42 Å². The average Bonchev–Trinajstić information content (AvgIpc) is 2.65. The van der Waals surface area contributed by atoms with Gasteiger partial charge in [-0.2, -0.15) is 0 Å². The zero-order valence-corrected chi connectivity index (χ0v) is 13.4. The molecule has 0 spiro atoms. The lowest BCUT2D eigenvalue weighted by Gasteiger charge is -2.22. The quantitative estimate of drug-likeness (QED) is 0.678. The highest BCUT2D eigenvalue weighted by Crippen LogP contribution is 2.25. The Hall–Kier alpha value is -0.740. The third-order valence-electron chi connectivity index (χ3n) is 3.88. The Morgan fingerprint density at radius 3 is 2.45 bits per heavy atom. The van der Waals surface area contributed by atoms with Crippen LogP contribution in [0.15, 0.2) is 29.2 Å². The number of alkyl halides is 1. The van der Waals surface area contributed by atoms with E-state index in [1.54, 1.807) is 19.1 Å². The van der Waals surface area contributed by atoms with Crippen LogP contribution in [0.25, 0.3) is 0 Å². The van der Waals surface area contributed by atoms with Gasteiger partial charge in [0.25, 0.3) is 0 Å². The van der Waals surface area contributed by atoms with Crippen LogP contribution in [0.3, 0.4) is 0 Å². The fourth-order valence-corrected chi connectivity index (χ4v) is 3.79. The Morgan fingerprint density at radius 2 is 1.80 bits per heavy atom. The van der Waals surface area contributed by atoms with Crippen molar-refractivity contribution in [2.45, 2.75) is 55.3 Å². The highest BCUT2D eigenvalue weighted by molar-refractivity contribution is 7.91. The van der Waals surface area contributed by atoms with Crippen molar-refractivity contribution >= 4 is 27.1 Å². The smallest absolute Gasteiger partial charge is 0.178 e. The second-order valence-corrected chi connectivity index (χ2v) is 8.17. The number of rotatable bonds is 4. The van der Waals surface area contributed by atoms with Gasteiger partial charge in [0, 0.05) is 11.7 Å². The molecule has 0 heterocycles. The summed E-state index contributed by atoms with van der Waals surface area (Å²) in [6.07, 6.45) is 5.75. The number of anilines is 1. The molecule has 0 aromatic heterocycles. The van der Waals surface area contributed by atoms with Crippen LogP contribution in [0.4, 0.5) is 5.69 Å². The molecule has 20 heavy (non-hydrogen) atoms. The minimum Gasteiger partial charge on any atom is -0.381 e. The van der Waals surface area contributed by atoms with Gasteiger partial charge in [0.15, 0.2) is 9.84 Å². The standard InChI is InChI=1S/C15H22ClNO2S/c1-2-20(18,19)13-10-8-12(9-11-13)17-15-7-5-3-4-6-14(15)16/h8-11,14-15,17H,2-7H2,1H3. The van der Waals surface area contributed by atoms with Crippen LogP contribution < -0.4 is 5.32 Å². The summed E-state index contributed by atoms with van der Waals surface area (Å²) in [5.74, 6) is 0.131. The molecule has 1 aromatic rings. The fraction of sp³-hybridized carbons (Fsp3) is 0.600. The van der Waals surface area contributed by atoms with Crippen LogP contribution in [0, 0.1) is 0 Å². The predicted octanol–water partition coefficient (Wildman–Crippen LogP) is 3.83. The fourth-order valence-electron chi connectivity index (χ4n) is 2.56. The highest BCUT2D eigenvalue weighted by atomic mass is 35.5. The second-order valence-electron chi connectivity index (χ2n) is 5.33. The lowest BCUT2D eigenvalue weighted by molar-refractivity contribution is 0.597. The van der Waals surface area contributed by atoms with Crippen LogP contribution in [0.1, 0.15) is 39.0 Å². The number of sulfone groups is 1. The first-order chi connectivity index (χ1) is 9.53. The third-order valence-corrected chi connectivity index (χ3v) is 6.15. The van der Waals surface area contributed by atoms with Gasteiger partial charge in [-0.3, -0.25) is 0 Å². The molecule has 3 nitrogen and oxygen atoms in total. The lowest BCUT2D eigenvalue weighted by Crippen LogP contribution is -2.28. The van der Waals surface area contributed by atoms with Gasteiger partial charge in [-0.05, 0) is 37.1 Å². The van der Waals surface area contributed by atoms with Crippen molar-refractivity contribution in [1.29, 1.82) is 0 Å². The van der Waals surface area contributed by atoms with Gasteiger partial charge in [-0.1, -0.05) is 26.2 Å². The SMILES string of the molecule is CCS(=O)(=O)c1ccc(NC2CCCCCC2Cl)cc1. The first-order valence-corrected chi connectivity index (χ1v) is 9.35. The average molecular weight is 316 g/mol. The van der Waals surface area contributed by atoms with Crippen LogP contribution >= 0.6 is 11.6 Å². The van der Waals surface area contributed by atoms with Crippen LogP contribution in [-0.4, -0.2) is 25.6 Å². The molecule has 2 unspecified atom stereocenters. The summed E-state index contributed by atoms with van der Waals surface area (Å²) in [4.78, 5) is 0.383. The Morgan fingerprint density at radius 1 is 1.15 bits per heavy atom. The molecule has 112 valence electrons. The van der Waals surface area contributed by atoms with Crippen LogP contribution in [-0.2, 0) is 9.84 Å². The zero-order chi connectivity index (χ0) is 14.6. The van der Waals surface area contributed by atoms with Crippen molar-refractivity contribution in [2.75, 3.05) is 11.1 Å². The van der Waals surface area contributed by atoms with Crippen molar-refractivity contribution in [2.24, 2.45) is 0 Å². The first-order valence-electron chi connectivity index (χ1n) is 7.26. The van der Waals surface area contributed by atoms with Gasteiger partial charge in [0.1, 0.15) is 0 Å². The molecule has 5 heteroatoms. The number of nitrogens with one attached hydrogen (secondary N) is 1. The van der Waals surface area contributed by atoms with Gasteiger partial charge in [-0.15, -0.1) is 11.6 Å². The Labute approximate surface area is 126 Å². The van der Waals surface area contributed by atoms with Gasteiger partial charge >= 0.3 is 0 Å². The number of hydrogen-bond acceptors (Lipinski definition) is 3. The lowest BCUT2D eigenvalue weighted by atomic mass is 10.1. The molecule has 1 aliphatic rings. The second kappa shape index (κ2) is 6.81. The van der Waals surface area contributed by atoms with E-state index in [9.17, 15) is 8.42 Å². The molecule has 1 fully saturated rings. The zero-order valence-electron chi connectivity index (χ0n) is 11.8. The topological polar surface area (TPSA) is 46.2 Å². The van der Waals surface area contributed by atoms with Crippen LogP contribution in [0.2, 0.25) is 0 Å². The maximum atomic E-state index is 11.8. The Bertz CT molecular complexity index is 527. The molecule has 1 aromatic carbocycles. The number of hydrogen-bond donors (Lipinski definition) is 1. The molecule has 2 atom stereocenters. The molecule has 0 amide bonds. The normalized spacial score (nSPS) is 24.1. The van der Waals surface area contributed by atoms with E-state index in [1.807, 2.05) is 12.1 Å². The molecule has 0 saturated heterocycles. The molecule has 1 N–H and O–H groups in total. The van der Waals surface area contributed by atoms with Crippen LogP contribution in [0.5, 0.6) is 0 Å². The van der Waals surface area contributed by atoms with Crippen molar-refractivity contribution in [3.05, 3.63) is 24.3 Å². The maximum absolute atomic E-state index is 11.8. The highest BCUT2D eigenvalue weighted by Gasteiger charge is 2.21. The molecule has 0 bridgehead atoms. The predicted molar refractivity (Wildman–Crippen MR) is 84.3 cm³/mol. The molecule has 0 radical (unpaired) electrons. The van der Waals surface area contributed by atoms with Gasteiger partial charge < -0.3 is 5.32 Å². The monoisotopic (exact) mass is 315 g/mol. The summed E-state index contributed by atoms with van der Waals surface area (Å²) in [7, 11) is -3.12. The molecule has 0 aliphatic heterocycles. The molecule has 1 saturated carbocycles. The molecular weight excluding hydrogens is 294 g/mol. The van der Waals surface area contributed by atoms with E-state index in [2.05, 4.69) is 5.32 Å². The minimum absolute atomic E-state index is 0.131. The molecule has 1 aliphatic carbocycles. The molecular formula is C15H22ClNO2S. The summed E-state index contributed by atoms with van der Waals surface area (Å²) in [6.45, 7) is 1.66. The van der Waals surface area contributed by atoms with E-state index in [0.717, 1.165) is 18.5 Å². The summed E-state index contributed by atoms with van der Waals surface area (Å²) < 4.78 is 23.5. The molecule has 2 rings (SSSR count). The van der Waals surface area contributed by atoms with Crippen molar-refractivity contribution in [3.63, 3.8) is 0 Å². The first kappa shape index (κ1) is 15.6. The third kappa shape index (κ3) is 3.89.